The topological polar surface area (TPSA) is 34.1 Å². The molecule has 148 valence electrons. The molecule has 26 heavy (non-hydrogen) atoms. The number of piperazine rings is 1. The zero-order valence-electron chi connectivity index (χ0n) is 16.4. The third-order valence-electron chi connectivity index (χ3n) is 4.73. The third kappa shape index (κ3) is 7.21. The molecule has 1 fully saturated rings. The van der Waals surface area contributed by atoms with Crippen LogP contribution in [0.15, 0.2) is 29.3 Å². The van der Waals surface area contributed by atoms with Crippen LogP contribution >= 0.6 is 35.6 Å². The van der Waals surface area contributed by atoms with Crippen molar-refractivity contribution in [2.24, 2.45) is 4.99 Å². The monoisotopic (exact) mass is 493 g/mol. The first kappa shape index (κ1) is 23.5. The van der Waals surface area contributed by atoms with Crippen LogP contribution < -0.4 is 5.32 Å². The predicted octanol–water partition coefficient (Wildman–Crippen LogP) is 2.99. The lowest BCUT2D eigenvalue weighted by Crippen LogP contribution is -2.49. The number of benzene rings is 1. The second-order valence-corrected chi connectivity index (χ2v) is 7.24. The zero-order chi connectivity index (χ0) is 18.2. The molecule has 1 unspecified atom stereocenters. The number of hydrogen-bond donors (Lipinski definition) is 1. The Labute approximate surface area is 180 Å². The van der Waals surface area contributed by atoms with E-state index in [2.05, 4.69) is 54.0 Å². The average Bonchev–Trinajstić information content (AvgIpc) is 2.60. The van der Waals surface area contributed by atoms with Gasteiger partial charge >= 0.3 is 0 Å². The molecule has 5 nitrogen and oxygen atoms in total. The summed E-state index contributed by atoms with van der Waals surface area (Å²) in [6.45, 7) is 11.3. The van der Waals surface area contributed by atoms with E-state index < -0.39 is 0 Å². The summed E-state index contributed by atoms with van der Waals surface area (Å²) in [6, 6.07) is 8.44. The molecule has 0 bridgehead atoms. The van der Waals surface area contributed by atoms with Gasteiger partial charge in [-0.15, -0.1) is 24.0 Å². The van der Waals surface area contributed by atoms with E-state index >= 15 is 0 Å². The number of hydrogen-bond acceptors (Lipinski definition) is 3. The van der Waals surface area contributed by atoms with Crippen LogP contribution in [-0.4, -0.2) is 80.1 Å². The highest BCUT2D eigenvalue weighted by Gasteiger charge is 2.19. The number of nitrogens with one attached hydrogen (secondary N) is 1. The second-order valence-electron chi connectivity index (χ2n) is 6.83. The molecule has 1 aliphatic rings. The number of aliphatic imine (C=N–C) groups is 1. The Morgan fingerprint density at radius 3 is 2.54 bits per heavy atom. The number of guanidine groups is 1. The van der Waals surface area contributed by atoms with Crippen molar-refractivity contribution in [3.63, 3.8) is 0 Å². The summed E-state index contributed by atoms with van der Waals surface area (Å²) in [5, 5.41) is 4.20. The van der Waals surface area contributed by atoms with Gasteiger partial charge in [0, 0.05) is 57.4 Å². The minimum absolute atomic E-state index is 0. The fourth-order valence-corrected chi connectivity index (χ4v) is 3.22. The SMILES string of the molecule is CCNC(=NCC(C)N1CCN(C)CC1)N(C)Cc1ccccc1Cl.I. The zero-order valence-corrected chi connectivity index (χ0v) is 19.5. The molecule has 0 aromatic heterocycles. The van der Waals surface area contributed by atoms with Crippen molar-refractivity contribution in [3.05, 3.63) is 34.9 Å². The molecule has 0 spiro atoms. The Balaban J connectivity index is 0.00000338. The lowest BCUT2D eigenvalue weighted by atomic mass is 10.2. The Kier molecular flexibility index (Phi) is 10.8. The van der Waals surface area contributed by atoms with E-state index in [9.17, 15) is 0 Å². The molecule has 1 atom stereocenters. The Morgan fingerprint density at radius 1 is 1.27 bits per heavy atom. The highest BCUT2D eigenvalue weighted by molar-refractivity contribution is 14.0. The van der Waals surface area contributed by atoms with Gasteiger partial charge in [0.05, 0.1) is 6.54 Å². The number of rotatable bonds is 6. The van der Waals surface area contributed by atoms with Gasteiger partial charge in [-0.05, 0) is 32.5 Å². The van der Waals surface area contributed by atoms with E-state index in [1.54, 1.807) is 0 Å². The van der Waals surface area contributed by atoms with Crippen molar-refractivity contribution < 1.29 is 0 Å². The Bertz CT molecular complexity index is 561. The van der Waals surface area contributed by atoms with Crippen LogP contribution in [0, 0.1) is 0 Å². The van der Waals surface area contributed by atoms with Crippen LogP contribution in [0.4, 0.5) is 0 Å². The van der Waals surface area contributed by atoms with E-state index in [1.807, 2.05) is 18.2 Å². The van der Waals surface area contributed by atoms with Crippen molar-refractivity contribution in [1.82, 2.24) is 20.0 Å². The van der Waals surface area contributed by atoms with Gasteiger partial charge in [0.2, 0.25) is 0 Å². The molecule has 2 rings (SSSR count). The fraction of sp³-hybridized carbons (Fsp3) is 0.632. The van der Waals surface area contributed by atoms with Crippen LogP contribution in [0.3, 0.4) is 0 Å². The van der Waals surface area contributed by atoms with E-state index in [4.69, 9.17) is 16.6 Å². The molecule has 1 aromatic rings. The molecule has 0 saturated carbocycles. The quantitative estimate of drug-likeness (QED) is 0.375. The molecule has 1 saturated heterocycles. The molecule has 0 radical (unpaired) electrons. The van der Waals surface area contributed by atoms with Gasteiger partial charge in [-0.25, -0.2) is 0 Å². The normalized spacial score (nSPS) is 17.5. The number of likely N-dealkylation sites (N-methyl/N-ethyl adjacent to an activating group) is 1. The molecular weight excluding hydrogens is 461 g/mol. The van der Waals surface area contributed by atoms with E-state index in [0.29, 0.717) is 6.04 Å². The van der Waals surface area contributed by atoms with Crippen LogP contribution in [0.2, 0.25) is 5.02 Å². The van der Waals surface area contributed by atoms with Gasteiger partial charge in [-0.3, -0.25) is 9.89 Å². The second kappa shape index (κ2) is 12.0. The summed E-state index contributed by atoms with van der Waals surface area (Å²) < 4.78 is 0. The minimum Gasteiger partial charge on any atom is -0.357 e. The maximum Gasteiger partial charge on any atom is 0.194 e. The van der Waals surface area contributed by atoms with Crippen molar-refractivity contribution in [3.8, 4) is 0 Å². The lowest BCUT2D eigenvalue weighted by Gasteiger charge is -2.36. The maximum atomic E-state index is 6.29. The Morgan fingerprint density at radius 2 is 1.92 bits per heavy atom. The highest BCUT2D eigenvalue weighted by atomic mass is 127. The summed E-state index contributed by atoms with van der Waals surface area (Å²) >= 11 is 6.29. The van der Waals surface area contributed by atoms with Crippen molar-refractivity contribution in [2.75, 3.05) is 53.4 Å². The van der Waals surface area contributed by atoms with Gasteiger partial charge in [0.1, 0.15) is 0 Å². The van der Waals surface area contributed by atoms with Crippen molar-refractivity contribution >= 4 is 41.5 Å². The van der Waals surface area contributed by atoms with Gasteiger partial charge in [0.25, 0.3) is 0 Å². The largest absolute Gasteiger partial charge is 0.357 e. The fourth-order valence-electron chi connectivity index (χ4n) is 3.02. The summed E-state index contributed by atoms with van der Waals surface area (Å²) in [5.74, 6) is 0.934. The number of nitrogens with zero attached hydrogens (tertiary/aromatic N) is 4. The first-order valence-electron chi connectivity index (χ1n) is 9.16. The Hall–Kier alpha value is -0.570. The summed E-state index contributed by atoms with van der Waals surface area (Å²) in [4.78, 5) is 11.9. The molecule has 1 aromatic carbocycles. The molecule has 1 aliphatic heterocycles. The van der Waals surface area contributed by atoms with Crippen LogP contribution in [0.1, 0.15) is 19.4 Å². The van der Waals surface area contributed by atoms with Crippen LogP contribution in [-0.2, 0) is 6.54 Å². The minimum atomic E-state index is 0. The first-order valence-corrected chi connectivity index (χ1v) is 9.54. The van der Waals surface area contributed by atoms with Crippen LogP contribution in [0.25, 0.3) is 0 Å². The van der Waals surface area contributed by atoms with E-state index in [1.165, 1.54) is 0 Å². The average molecular weight is 494 g/mol. The van der Waals surface area contributed by atoms with Gasteiger partial charge < -0.3 is 15.1 Å². The first-order chi connectivity index (χ1) is 12.0. The molecule has 0 amide bonds. The van der Waals surface area contributed by atoms with E-state index in [0.717, 1.165) is 62.4 Å². The summed E-state index contributed by atoms with van der Waals surface area (Å²) in [5.41, 5.74) is 1.12. The van der Waals surface area contributed by atoms with Crippen molar-refractivity contribution in [2.45, 2.75) is 26.4 Å². The summed E-state index contributed by atoms with van der Waals surface area (Å²) in [7, 11) is 4.25. The summed E-state index contributed by atoms with van der Waals surface area (Å²) in [6.07, 6.45) is 0. The van der Waals surface area contributed by atoms with Gasteiger partial charge in [0.15, 0.2) is 5.96 Å². The molecule has 1 N–H and O–H groups in total. The lowest BCUT2D eigenvalue weighted by molar-refractivity contribution is 0.122. The molecular formula is C19H33ClIN5. The third-order valence-corrected chi connectivity index (χ3v) is 5.10. The van der Waals surface area contributed by atoms with E-state index in [-0.39, 0.29) is 24.0 Å². The molecule has 1 heterocycles. The van der Waals surface area contributed by atoms with Crippen LogP contribution in [0.5, 0.6) is 0 Å². The predicted molar refractivity (Wildman–Crippen MR) is 123 cm³/mol. The molecule has 0 aliphatic carbocycles. The number of halogens is 2. The van der Waals surface area contributed by atoms with Crippen molar-refractivity contribution in [1.29, 1.82) is 0 Å². The van der Waals surface area contributed by atoms with Gasteiger partial charge in [-0.1, -0.05) is 29.8 Å². The van der Waals surface area contributed by atoms with Gasteiger partial charge in [-0.2, -0.15) is 0 Å². The standard InChI is InChI=1S/C19H32ClN5.HI/c1-5-21-19(24(4)15-17-8-6-7-9-18(17)20)22-14-16(2)25-12-10-23(3)11-13-25;/h6-9,16H,5,10-15H2,1-4H3,(H,21,22);1H. The smallest absolute Gasteiger partial charge is 0.194 e. The molecule has 7 heteroatoms. The highest BCUT2D eigenvalue weighted by Crippen LogP contribution is 2.16. The maximum absolute atomic E-state index is 6.29.